The van der Waals surface area contributed by atoms with Gasteiger partial charge in [0.15, 0.2) is 5.58 Å². The number of hydrogen-bond donors (Lipinski definition) is 0. The standard InChI is InChI=1S/C49H30N2O2/c1-2-11-34(12-3-1)51(36-27-22-33-24-28-39-37-13-5-4-10-31(37)23-29-40(39)43(33)30-36)35-25-20-32(21-26-35)38-15-8-17-44-48(38)53-49(50-44)42-16-9-19-46-47(42)41-14-6-7-18-45(41)52-46/h1-30H. The lowest BCUT2D eigenvalue weighted by Gasteiger charge is -2.26. The van der Waals surface area contributed by atoms with Crippen LogP contribution in [-0.4, -0.2) is 4.98 Å². The predicted molar refractivity (Wildman–Crippen MR) is 219 cm³/mol. The highest BCUT2D eigenvalue weighted by Crippen LogP contribution is 2.42. The highest BCUT2D eigenvalue weighted by molar-refractivity contribution is 6.18. The van der Waals surface area contributed by atoms with Gasteiger partial charge in [0.05, 0.1) is 0 Å². The van der Waals surface area contributed by atoms with Gasteiger partial charge in [0, 0.05) is 39.0 Å². The summed E-state index contributed by atoms with van der Waals surface area (Å²) in [6.45, 7) is 0. The summed E-state index contributed by atoms with van der Waals surface area (Å²) in [5.41, 5.74) is 9.45. The van der Waals surface area contributed by atoms with Gasteiger partial charge in [-0.15, -0.1) is 0 Å². The Kier molecular flexibility index (Phi) is 6.52. The number of hydrogen-bond acceptors (Lipinski definition) is 4. The van der Waals surface area contributed by atoms with Crippen LogP contribution in [0, 0.1) is 0 Å². The summed E-state index contributed by atoms with van der Waals surface area (Å²) >= 11 is 0. The number of benzene rings is 9. The first-order valence-electron chi connectivity index (χ1n) is 17.9. The van der Waals surface area contributed by atoms with E-state index in [2.05, 4.69) is 144 Å². The monoisotopic (exact) mass is 678 g/mol. The van der Waals surface area contributed by atoms with Crippen molar-refractivity contribution in [2.75, 3.05) is 4.90 Å². The van der Waals surface area contributed by atoms with E-state index in [1.54, 1.807) is 0 Å². The predicted octanol–water partition coefficient (Wildman–Crippen LogP) is 14.0. The molecule has 4 nitrogen and oxygen atoms in total. The molecule has 0 amide bonds. The molecule has 0 spiro atoms. The van der Waals surface area contributed by atoms with Crippen molar-refractivity contribution in [1.82, 2.24) is 4.98 Å². The van der Waals surface area contributed by atoms with Crippen molar-refractivity contribution in [3.8, 4) is 22.6 Å². The molecule has 248 valence electrons. The molecule has 0 aliphatic rings. The maximum Gasteiger partial charge on any atom is 0.228 e. The lowest BCUT2D eigenvalue weighted by molar-refractivity contribution is 0.621. The van der Waals surface area contributed by atoms with Crippen molar-refractivity contribution in [1.29, 1.82) is 0 Å². The Morgan fingerprint density at radius 3 is 1.91 bits per heavy atom. The van der Waals surface area contributed by atoms with Gasteiger partial charge in [0.25, 0.3) is 0 Å². The van der Waals surface area contributed by atoms with Crippen LogP contribution >= 0.6 is 0 Å². The highest BCUT2D eigenvalue weighted by Gasteiger charge is 2.19. The van der Waals surface area contributed by atoms with E-state index in [0.29, 0.717) is 5.89 Å². The molecule has 0 atom stereocenters. The van der Waals surface area contributed by atoms with E-state index in [1.165, 1.54) is 32.3 Å². The van der Waals surface area contributed by atoms with Crippen LogP contribution in [0.15, 0.2) is 191 Å². The summed E-state index contributed by atoms with van der Waals surface area (Å²) in [5, 5.41) is 9.55. The molecule has 9 aromatic carbocycles. The third kappa shape index (κ3) is 4.73. The highest BCUT2D eigenvalue weighted by atomic mass is 16.4. The Morgan fingerprint density at radius 1 is 0.396 bits per heavy atom. The second-order valence-corrected chi connectivity index (χ2v) is 13.5. The van der Waals surface area contributed by atoms with E-state index in [-0.39, 0.29) is 0 Å². The van der Waals surface area contributed by atoms with Crippen molar-refractivity contribution >= 4 is 82.4 Å². The third-order valence-corrected chi connectivity index (χ3v) is 10.5. The van der Waals surface area contributed by atoms with Crippen molar-refractivity contribution in [2.24, 2.45) is 0 Å². The minimum Gasteiger partial charge on any atom is -0.456 e. The summed E-state index contributed by atoms with van der Waals surface area (Å²) in [6.07, 6.45) is 0. The first-order chi connectivity index (χ1) is 26.3. The first-order valence-corrected chi connectivity index (χ1v) is 17.9. The van der Waals surface area contributed by atoms with Crippen LogP contribution in [0.1, 0.15) is 0 Å². The second-order valence-electron chi connectivity index (χ2n) is 13.5. The molecule has 11 rings (SSSR count). The van der Waals surface area contributed by atoms with Crippen molar-refractivity contribution in [2.45, 2.75) is 0 Å². The number of fused-ring (bicyclic) bond motifs is 9. The van der Waals surface area contributed by atoms with E-state index >= 15 is 0 Å². The molecule has 11 aromatic rings. The first kappa shape index (κ1) is 29.5. The molecule has 0 bridgehead atoms. The summed E-state index contributed by atoms with van der Waals surface area (Å²) in [4.78, 5) is 7.30. The van der Waals surface area contributed by atoms with Gasteiger partial charge in [-0.25, -0.2) is 4.98 Å². The second kappa shape index (κ2) is 11.7. The Labute approximate surface area is 304 Å². The topological polar surface area (TPSA) is 42.4 Å². The molecule has 0 fully saturated rings. The fraction of sp³-hybridized carbons (Fsp3) is 0. The summed E-state index contributed by atoms with van der Waals surface area (Å²) in [7, 11) is 0. The van der Waals surface area contributed by atoms with Crippen LogP contribution in [0.4, 0.5) is 17.1 Å². The van der Waals surface area contributed by atoms with Gasteiger partial charge in [-0.2, -0.15) is 0 Å². The van der Waals surface area contributed by atoms with E-state index in [4.69, 9.17) is 13.8 Å². The number of oxazole rings is 1. The van der Waals surface area contributed by atoms with E-state index in [1.807, 2.05) is 42.5 Å². The number of nitrogens with zero attached hydrogens (tertiary/aromatic N) is 2. The summed E-state index contributed by atoms with van der Waals surface area (Å²) in [5.74, 6) is 0.577. The van der Waals surface area contributed by atoms with E-state index in [0.717, 1.165) is 66.8 Å². The van der Waals surface area contributed by atoms with Gasteiger partial charge in [0.1, 0.15) is 16.7 Å². The number of aromatic nitrogens is 1. The number of anilines is 3. The Balaban J connectivity index is 1.02. The molecular formula is C49H30N2O2. The van der Waals surface area contributed by atoms with E-state index in [9.17, 15) is 0 Å². The van der Waals surface area contributed by atoms with Crippen LogP contribution in [0.25, 0.3) is 87.9 Å². The molecule has 4 heteroatoms. The Morgan fingerprint density at radius 2 is 1.04 bits per heavy atom. The zero-order valence-corrected chi connectivity index (χ0v) is 28.5. The van der Waals surface area contributed by atoms with Gasteiger partial charge in [-0.1, -0.05) is 121 Å². The Bertz CT molecular complexity index is 3180. The van der Waals surface area contributed by atoms with Crippen LogP contribution in [-0.2, 0) is 0 Å². The average molecular weight is 679 g/mol. The van der Waals surface area contributed by atoms with Crippen molar-refractivity contribution < 1.29 is 8.83 Å². The fourth-order valence-corrected chi connectivity index (χ4v) is 8.00. The van der Waals surface area contributed by atoms with Gasteiger partial charge < -0.3 is 13.7 Å². The van der Waals surface area contributed by atoms with Gasteiger partial charge in [0.2, 0.25) is 5.89 Å². The van der Waals surface area contributed by atoms with Gasteiger partial charge in [-0.05, 0) is 98.5 Å². The minimum atomic E-state index is 0.577. The van der Waals surface area contributed by atoms with Crippen LogP contribution in [0.3, 0.4) is 0 Å². The Hall–Kier alpha value is -7.17. The molecule has 0 N–H and O–H groups in total. The van der Waals surface area contributed by atoms with Crippen LogP contribution in [0.5, 0.6) is 0 Å². The maximum absolute atomic E-state index is 6.62. The molecule has 2 aromatic heterocycles. The quantitative estimate of drug-likeness (QED) is 0.170. The average Bonchev–Trinajstić information content (AvgIpc) is 3.84. The summed E-state index contributed by atoms with van der Waals surface area (Å²) < 4.78 is 12.8. The van der Waals surface area contributed by atoms with E-state index < -0.39 is 0 Å². The SMILES string of the molecule is c1ccc(N(c2ccc(-c3cccc4nc(-c5cccc6oc7ccccc7c56)oc34)cc2)c2ccc3ccc4c5ccccc5ccc4c3c2)cc1. The molecule has 0 radical (unpaired) electrons. The molecule has 0 saturated heterocycles. The molecule has 53 heavy (non-hydrogen) atoms. The van der Waals surface area contributed by atoms with Crippen molar-refractivity contribution in [3.63, 3.8) is 0 Å². The van der Waals surface area contributed by atoms with Crippen LogP contribution < -0.4 is 4.90 Å². The summed E-state index contributed by atoms with van der Waals surface area (Å²) in [6, 6.07) is 64.0. The largest absolute Gasteiger partial charge is 0.456 e. The molecule has 2 heterocycles. The van der Waals surface area contributed by atoms with Gasteiger partial charge in [-0.3, -0.25) is 0 Å². The van der Waals surface area contributed by atoms with Crippen LogP contribution in [0.2, 0.25) is 0 Å². The molecule has 0 aliphatic heterocycles. The molecule has 0 unspecified atom stereocenters. The normalized spacial score (nSPS) is 11.8. The lowest BCUT2D eigenvalue weighted by Crippen LogP contribution is -2.09. The zero-order chi connectivity index (χ0) is 34.9. The number of para-hydroxylation sites is 3. The molecule has 0 aliphatic carbocycles. The molecular weight excluding hydrogens is 649 g/mol. The fourth-order valence-electron chi connectivity index (χ4n) is 8.00. The maximum atomic E-state index is 6.62. The minimum absolute atomic E-state index is 0.577. The van der Waals surface area contributed by atoms with Gasteiger partial charge >= 0.3 is 0 Å². The number of furan rings is 1. The van der Waals surface area contributed by atoms with Crippen molar-refractivity contribution in [3.05, 3.63) is 182 Å². The number of rotatable bonds is 5. The smallest absolute Gasteiger partial charge is 0.228 e. The zero-order valence-electron chi connectivity index (χ0n) is 28.5. The molecule has 0 saturated carbocycles. The lowest BCUT2D eigenvalue weighted by atomic mass is 9.96. The third-order valence-electron chi connectivity index (χ3n) is 10.5.